The van der Waals surface area contributed by atoms with Crippen LogP contribution in [0.25, 0.3) is 0 Å². The summed E-state index contributed by atoms with van der Waals surface area (Å²) in [5.41, 5.74) is 1.61. The van der Waals surface area contributed by atoms with E-state index in [0.29, 0.717) is 37.2 Å². The molecule has 2 rings (SSSR count). The average molecular weight is 305 g/mol. The van der Waals surface area contributed by atoms with Crippen LogP contribution in [0.2, 0.25) is 0 Å². The zero-order valence-corrected chi connectivity index (χ0v) is 13.3. The second kappa shape index (κ2) is 6.92. The van der Waals surface area contributed by atoms with E-state index >= 15 is 0 Å². The zero-order chi connectivity index (χ0) is 16.3. The Bertz CT molecular complexity index is 562. The molecule has 1 fully saturated rings. The number of ether oxygens (including phenoxy) is 1. The summed E-state index contributed by atoms with van der Waals surface area (Å²) < 4.78 is 5.29. The Morgan fingerprint density at radius 2 is 1.95 bits per heavy atom. The van der Waals surface area contributed by atoms with Gasteiger partial charge in [0.1, 0.15) is 5.75 Å². The second-order valence-corrected chi connectivity index (χ2v) is 5.89. The molecule has 1 aliphatic rings. The van der Waals surface area contributed by atoms with Crippen LogP contribution in [0.15, 0.2) is 18.2 Å². The Hall–Kier alpha value is -1.88. The fourth-order valence-corrected chi connectivity index (χ4v) is 2.94. The van der Waals surface area contributed by atoms with Crippen LogP contribution in [0.4, 0.5) is 0 Å². The molecule has 0 spiro atoms. The molecule has 0 amide bonds. The lowest BCUT2D eigenvalue weighted by atomic mass is 9.94. The molecule has 1 heterocycles. The third-order valence-corrected chi connectivity index (χ3v) is 4.43. The van der Waals surface area contributed by atoms with Crippen molar-refractivity contribution in [1.29, 1.82) is 0 Å². The van der Waals surface area contributed by atoms with Crippen molar-refractivity contribution in [3.05, 3.63) is 29.3 Å². The molecule has 0 radical (unpaired) electrons. The predicted molar refractivity (Wildman–Crippen MR) is 83.5 cm³/mol. The van der Waals surface area contributed by atoms with Gasteiger partial charge in [0.05, 0.1) is 24.6 Å². The lowest BCUT2D eigenvalue weighted by Crippen LogP contribution is -2.45. The van der Waals surface area contributed by atoms with Crippen molar-refractivity contribution < 1.29 is 19.4 Å². The van der Waals surface area contributed by atoms with Gasteiger partial charge < -0.3 is 9.84 Å². The summed E-state index contributed by atoms with van der Waals surface area (Å²) in [6.07, 6.45) is 1.19. The summed E-state index contributed by atoms with van der Waals surface area (Å²) in [7, 11) is 1.56. The molecule has 1 saturated heterocycles. The molecule has 0 aromatic heterocycles. The summed E-state index contributed by atoms with van der Waals surface area (Å²) >= 11 is 0. The van der Waals surface area contributed by atoms with Gasteiger partial charge in [-0.2, -0.15) is 0 Å². The number of likely N-dealkylation sites (tertiary alicyclic amines) is 1. The first-order valence-corrected chi connectivity index (χ1v) is 7.59. The van der Waals surface area contributed by atoms with Crippen LogP contribution in [0.5, 0.6) is 5.75 Å². The van der Waals surface area contributed by atoms with Crippen LogP contribution in [0.1, 0.15) is 35.7 Å². The van der Waals surface area contributed by atoms with E-state index in [1.165, 1.54) is 0 Å². The lowest BCUT2D eigenvalue weighted by Gasteiger charge is -2.34. The smallest absolute Gasteiger partial charge is 0.306 e. The van der Waals surface area contributed by atoms with Gasteiger partial charge in [-0.25, -0.2) is 0 Å². The number of piperidine rings is 1. The maximum absolute atomic E-state index is 12.8. The number of Topliss-reactive ketones (excluding diaryl/α,β-unsaturated/α-hetero) is 1. The minimum atomic E-state index is -0.737. The monoisotopic (exact) mass is 305 g/mol. The maximum Gasteiger partial charge on any atom is 0.306 e. The molecule has 1 aromatic carbocycles. The van der Waals surface area contributed by atoms with Gasteiger partial charge in [0.2, 0.25) is 0 Å². The van der Waals surface area contributed by atoms with Gasteiger partial charge >= 0.3 is 5.97 Å². The minimum absolute atomic E-state index is 0.0225. The Kier molecular flexibility index (Phi) is 5.19. The number of hydrogen-bond donors (Lipinski definition) is 1. The summed E-state index contributed by atoms with van der Waals surface area (Å²) in [6, 6.07) is 5.30. The normalized spacial score (nSPS) is 18.0. The quantitative estimate of drug-likeness (QED) is 0.846. The number of carboxylic acids is 1. The Labute approximate surface area is 130 Å². The zero-order valence-electron chi connectivity index (χ0n) is 13.3. The summed E-state index contributed by atoms with van der Waals surface area (Å²) in [5, 5.41) is 9.05. The molecule has 1 atom stereocenters. The average Bonchev–Trinajstić information content (AvgIpc) is 2.53. The van der Waals surface area contributed by atoms with Crippen LogP contribution in [0.3, 0.4) is 0 Å². The first kappa shape index (κ1) is 16.5. The van der Waals surface area contributed by atoms with E-state index in [4.69, 9.17) is 9.84 Å². The van der Waals surface area contributed by atoms with Gasteiger partial charge in [-0.15, -0.1) is 0 Å². The van der Waals surface area contributed by atoms with Crippen molar-refractivity contribution in [3.8, 4) is 5.75 Å². The number of carboxylic acid groups (broad SMARTS) is 1. The highest BCUT2D eigenvalue weighted by Crippen LogP contribution is 2.25. The van der Waals surface area contributed by atoms with Crippen molar-refractivity contribution in [2.45, 2.75) is 32.7 Å². The minimum Gasteiger partial charge on any atom is -0.496 e. The molecule has 1 unspecified atom stereocenters. The van der Waals surface area contributed by atoms with E-state index < -0.39 is 5.97 Å². The van der Waals surface area contributed by atoms with Crippen LogP contribution in [0, 0.1) is 12.8 Å². The maximum atomic E-state index is 12.8. The highest BCUT2D eigenvalue weighted by molar-refractivity contribution is 6.02. The first-order chi connectivity index (χ1) is 10.4. The number of nitrogens with zero attached hydrogens (tertiary/aromatic N) is 1. The Balaban J connectivity index is 2.10. The topological polar surface area (TPSA) is 66.8 Å². The molecular weight excluding hydrogens is 282 g/mol. The number of hydrogen-bond acceptors (Lipinski definition) is 4. The molecule has 0 saturated carbocycles. The van der Waals surface area contributed by atoms with Crippen molar-refractivity contribution in [2.24, 2.45) is 5.92 Å². The number of ketones is 1. The molecule has 1 aromatic rings. The molecule has 1 N–H and O–H groups in total. The Morgan fingerprint density at radius 3 is 2.50 bits per heavy atom. The van der Waals surface area contributed by atoms with E-state index in [2.05, 4.69) is 4.90 Å². The van der Waals surface area contributed by atoms with Crippen molar-refractivity contribution >= 4 is 11.8 Å². The van der Waals surface area contributed by atoms with Gasteiger partial charge in [0.25, 0.3) is 0 Å². The number of aryl methyl sites for hydroxylation is 1. The summed E-state index contributed by atoms with van der Waals surface area (Å²) in [6.45, 7) is 5.10. The SMILES string of the molecule is COc1ccc(C)cc1C(=O)C(C)N1CCC(C(=O)O)CC1. The molecule has 22 heavy (non-hydrogen) atoms. The van der Waals surface area contributed by atoms with Crippen molar-refractivity contribution in [3.63, 3.8) is 0 Å². The van der Waals surface area contributed by atoms with Gasteiger partial charge in [-0.3, -0.25) is 14.5 Å². The largest absolute Gasteiger partial charge is 0.496 e. The third kappa shape index (κ3) is 3.47. The lowest BCUT2D eigenvalue weighted by molar-refractivity contribution is -0.143. The van der Waals surface area contributed by atoms with E-state index in [1.807, 2.05) is 32.0 Å². The summed E-state index contributed by atoms with van der Waals surface area (Å²) in [4.78, 5) is 25.8. The van der Waals surface area contributed by atoms with Crippen molar-refractivity contribution in [1.82, 2.24) is 4.90 Å². The van der Waals surface area contributed by atoms with E-state index in [9.17, 15) is 9.59 Å². The van der Waals surface area contributed by atoms with Crippen LogP contribution in [-0.2, 0) is 4.79 Å². The highest BCUT2D eigenvalue weighted by Gasteiger charge is 2.30. The number of rotatable bonds is 5. The van der Waals surface area contributed by atoms with Gasteiger partial charge in [0.15, 0.2) is 5.78 Å². The van der Waals surface area contributed by atoms with Crippen LogP contribution < -0.4 is 4.74 Å². The number of aliphatic carboxylic acids is 1. The predicted octanol–water partition coefficient (Wildman–Crippen LogP) is 2.37. The first-order valence-electron chi connectivity index (χ1n) is 7.59. The van der Waals surface area contributed by atoms with E-state index in [0.717, 1.165) is 5.56 Å². The standard InChI is InChI=1S/C17H23NO4/c1-11-4-5-15(22-3)14(10-11)16(19)12(2)18-8-6-13(7-9-18)17(20)21/h4-5,10,12-13H,6-9H2,1-3H3,(H,20,21). The number of benzene rings is 1. The molecular formula is C17H23NO4. The van der Waals surface area contributed by atoms with Gasteiger partial charge in [-0.05, 0) is 51.9 Å². The summed E-state index contributed by atoms with van der Waals surface area (Å²) in [5.74, 6) is -0.414. The Morgan fingerprint density at radius 1 is 1.32 bits per heavy atom. The third-order valence-electron chi connectivity index (χ3n) is 4.43. The van der Waals surface area contributed by atoms with Gasteiger partial charge in [-0.1, -0.05) is 11.6 Å². The number of methoxy groups -OCH3 is 1. The molecule has 5 heteroatoms. The van der Waals surface area contributed by atoms with E-state index in [-0.39, 0.29) is 17.7 Å². The van der Waals surface area contributed by atoms with Crippen LogP contribution in [-0.4, -0.2) is 48.0 Å². The molecule has 0 bridgehead atoms. The van der Waals surface area contributed by atoms with Crippen LogP contribution >= 0.6 is 0 Å². The molecule has 1 aliphatic heterocycles. The fourth-order valence-electron chi connectivity index (χ4n) is 2.94. The second-order valence-electron chi connectivity index (χ2n) is 5.89. The number of carbonyl (C=O) groups is 2. The van der Waals surface area contributed by atoms with E-state index in [1.54, 1.807) is 7.11 Å². The molecule has 120 valence electrons. The molecule has 0 aliphatic carbocycles. The number of carbonyl (C=O) groups excluding carboxylic acids is 1. The fraction of sp³-hybridized carbons (Fsp3) is 0.529. The van der Waals surface area contributed by atoms with Crippen molar-refractivity contribution in [2.75, 3.05) is 20.2 Å². The highest BCUT2D eigenvalue weighted by atomic mass is 16.5. The van der Waals surface area contributed by atoms with Gasteiger partial charge in [0, 0.05) is 0 Å². The molecule has 5 nitrogen and oxygen atoms in total.